The van der Waals surface area contributed by atoms with E-state index in [9.17, 15) is 4.79 Å². The third-order valence-corrected chi connectivity index (χ3v) is 1.34. The van der Waals surface area contributed by atoms with Gasteiger partial charge in [0.05, 0.1) is 5.56 Å². The summed E-state index contributed by atoms with van der Waals surface area (Å²) in [6.07, 6.45) is 1.54. The average Bonchev–Trinajstić information content (AvgIpc) is 2.28. The molecule has 0 saturated heterocycles. The second-order valence-corrected chi connectivity index (χ2v) is 2.75. The number of carbonyl (C=O) groups excluding carboxylic acids is 1. The summed E-state index contributed by atoms with van der Waals surface area (Å²) in [5.74, 6) is -0.310. The normalized spacial score (nSPS) is 8.40. The van der Waals surface area contributed by atoms with Gasteiger partial charge in [-0.25, -0.2) is 4.79 Å². The zero-order valence-electron chi connectivity index (χ0n) is 9.19. The minimum Gasteiger partial charge on any atom is -0.458 e. The average molecular weight is 207 g/mol. The van der Waals surface area contributed by atoms with Crippen LogP contribution in [0.3, 0.4) is 0 Å². The van der Waals surface area contributed by atoms with Gasteiger partial charge in [-0.15, -0.1) is 0 Å². The Bertz CT molecular complexity index is 283. The van der Waals surface area contributed by atoms with Crippen LogP contribution in [0.4, 0.5) is 0 Å². The fourth-order valence-corrected chi connectivity index (χ4v) is 0.792. The molecule has 0 atom stereocenters. The van der Waals surface area contributed by atoms with Crippen molar-refractivity contribution in [1.29, 1.82) is 0 Å². The van der Waals surface area contributed by atoms with E-state index in [0.717, 1.165) is 0 Å². The van der Waals surface area contributed by atoms with Gasteiger partial charge < -0.3 is 10.1 Å². The van der Waals surface area contributed by atoms with Crippen molar-refractivity contribution in [2.75, 3.05) is 20.7 Å². The van der Waals surface area contributed by atoms with Gasteiger partial charge in [-0.3, -0.25) is 0 Å². The van der Waals surface area contributed by atoms with E-state index < -0.39 is 0 Å². The van der Waals surface area contributed by atoms with Crippen molar-refractivity contribution < 1.29 is 9.53 Å². The van der Waals surface area contributed by atoms with Gasteiger partial charge in [0.2, 0.25) is 0 Å². The van der Waals surface area contributed by atoms with E-state index in [4.69, 9.17) is 4.74 Å². The van der Waals surface area contributed by atoms with Crippen molar-refractivity contribution in [2.45, 2.75) is 0 Å². The van der Waals surface area contributed by atoms with Gasteiger partial charge in [0.15, 0.2) is 0 Å². The topological polar surface area (TPSA) is 38.3 Å². The molecule has 1 N–H and O–H groups in total. The molecule has 3 heteroatoms. The minimum atomic E-state index is -0.310. The summed E-state index contributed by atoms with van der Waals surface area (Å²) in [5.41, 5.74) is 0.569. The Hall–Kier alpha value is -1.61. The predicted octanol–water partition coefficient (Wildman–Crippen LogP) is 1.86. The van der Waals surface area contributed by atoms with Crippen molar-refractivity contribution in [3.63, 3.8) is 0 Å². The van der Waals surface area contributed by atoms with Crippen LogP contribution in [0.2, 0.25) is 0 Å². The van der Waals surface area contributed by atoms with E-state index >= 15 is 0 Å². The molecule has 1 aromatic carbocycles. The molecule has 0 unspecified atom stereocenters. The maximum Gasteiger partial charge on any atom is 0.338 e. The van der Waals surface area contributed by atoms with E-state index in [2.05, 4.69) is 11.9 Å². The molecule has 0 bridgehead atoms. The fourth-order valence-electron chi connectivity index (χ4n) is 0.792. The van der Waals surface area contributed by atoms with E-state index in [1.54, 1.807) is 30.3 Å². The molecular formula is C12H17NO2. The van der Waals surface area contributed by atoms with Gasteiger partial charge in [0.1, 0.15) is 6.61 Å². The number of nitrogens with one attached hydrogen (secondary N) is 1. The zero-order valence-corrected chi connectivity index (χ0v) is 9.19. The highest BCUT2D eigenvalue weighted by Crippen LogP contribution is 2.00. The van der Waals surface area contributed by atoms with Crippen LogP contribution in [-0.4, -0.2) is 26.7 Å². The highest BCUT2D eigenvalue weighted by molar-refractivity contribution is 5.89. The standard InChI is InChI=1S/C10H10O2.C2H7N/c1-2-8-12-10(11)9-6-4-3-5-7-9;1-3-2/h2-7H,1,8H2;3H,1-2H3. The lowest BCUT2D eigenvalue weighted by Gasteiger charge is -1.99. The third kappa shape index (κ3) is 6.46. The number of benzene rings is 1. The lowest BCUT2D eigenvalue weighted by Crippen LogP contribution is -2.04. The van der Waals surface area contributed by atoms with Crippen molar-refractivity contribution >= 4 is 5.97 Å². The quantitative estimate of drug-likeness (QED) is 0.607. The summed E-state index contributed by atoms with van der Waals surface area (Å²) in [6, 6.07) is 8.87. The first-order chi connectivity index (χ1) is 7.26. The number of esters is 1. The largest absolute Gasteiger partial charge is 0.458 e. The smallest absolute Gasteiger partial charge is 0.338 e. The van der Waals surface area contributed by atoms with Crippen LogP contribution in [0.15, 0.2) is 43.0 Å². The number of hydrogen-bond donors (Lipinski definition) is 1. The summed E-state index contributed by atoms with van der Waals surface area (Å²) < 4.78 is 4.82. The summed E-state index contributed by atoms with van der Waals surface area (Å²) in [5, 5.41) is 2.75. The Labute approximate surface area is 90.8 Å². The van der Waals surface area contributed by atoms with Crippen LogP contribution < -0.4 is 5.32 Å². The number of carbonyl (C=O) groups is 1. The maximum absolute atomic E-state index is 11.1. The van der Waals surface area contributed by atoms with Crippen molar-refractivity contribution in [3.8, 4) is 0 Å². The first-order valence-electron chi connectivity index (χ1n) is 4.67. The van der Waals surface area contributed by atoms with Crippen LogP contribution in [0.1, 0.15) is 10.4 Å². The molecule has 1 aromatic rings. The predicted molar refractivity (Wildman–Crippen MR) is 61.9 cm³/mol. The van der Waals surface area contributed by atoms with Gasteiger partial charge >= 0.3 is 5.97 Å². The fraction of sp³-hybridized carbons (Fsp3) is 0.250. The summed E-state index contributed by atoms with van der Waals surface area (Å²) in [6.45, 7) is 3.71. The molecule has 0 spiro atoms. The molecule has 0 saturated carbocycles. The van der Waals surface area contributed by atoms with Gasteiger partial charge in [0, 0.05) is 0 Å². The molecule has 15 heavy (non-hydrogen) atoms. The Balaban J connectivity index is 0.000000583. The second-order valence-electron chi connectivity index (χ2n) is 2.75. The first-order valence-corrected chi connectivity index (χ1v) is 4.67. The highest BCUT2D eigenvalue weighted by Gasteiger charge is 2.02. The van der Waals surface area contributed by atoms with E-state index in [-0.39, 0.29) is 12.6 Å². The molecule has 0 aliphatic heterocycles. The summed E-state index contributed by atoms with van der Waals surface area (Å²) in [7, 11) is 3.75. The maximum atomic E-state index is 11.1. The molecular weight excluding hydrogens is 190 g/mol. The molecule has 0 aromatic heterocycles. The zero-order chi connectivity index (χ0) is 11.5. The molecule has 0 radical (unpaired) electrons. The van der Waals surface area contributed by atoms with Crippen molar-refractivity contribution in [2.24, 2.45) is 0 Å². The highest BCUT2D eigenvalue weighted by atomic mass is 16.5. The van der Waals surface area contributed by atoms with E-state index in [1.807, 2.05) is 20.2 Å². The Kier molecular flexibility index (Phi) is 8.00. The molecule has 0 heterocycles. The lowest BCUT2D eigenvalue weighted by atomic mass is 10.2. The van der Waals surface area contributed by atoms with E-state index in [1.165, 1.54) is 0 Å². The Morgan fingerprint density at radius 1 is 1.40 bits per heavy atom. The van der Waals surface area contributed by atoms with Crippen LogP contribution in [-0.2, 0) is 4.74 Å². The Morgan fingerprint density at radius 2 is 1.93 bits per heavy atom. The third-order valence-electron chi connectivity index (χ3n) is 1.34. The number of ether oxygens (including phenoxy) is 1. The molecule has 0 aliphatic rings. The van der Waals surface area contributed by atoms with Gasteiger partial charge in [0.25, 0.3) is 0 Å². The summed E-state index contributed by atoms with van der Waals surface area (Å²) in [4.78, 5) is 11.1. The van der Waals surface area contributed by atoms with Crippen LogP contribution in [0.25, 0.3) is 0 Å². The molecule has 3 nitrogen and oxygen atoms in total. The molecule has 1 rings (SSSR count). The van der Waals surface area contributed by atoms with Gasteiger partial charge in [-0.1, -0.05) is 30.9 Å². The number of rotatable bonds is 3. The first kappa shape index (κ1) is 13.4. The lowest BCUT2D eigenvalue weighted by molar-refractivity contribution is 0.0550. The van der Waals surface area contributed by atoms with Gasteiger partial charge in [-0.05, 0) is 26.2 Å². The van der Waals surface area contributed by atoms with Gasteiger partial charge in [-0.2, -0.15) is 0 Å². The second kappa shape index (κ2) is 8.97. The molecule has 0 aliphatic carbocycles. The van der Waals surface area contributed by atoms with Crippen molar-refractivity contribution in [3.05, 3.63) is 48.6 Å². The monoisotopic (exact) mass is 207 g/mol. The Morgan fingerprint density at radius 3 is 2.40 bits per heavy atom. The molecule has 0 amide bonds. The van der Waals surface area contributed by atoms with Crippen LogP contribution >= 0.6 is 0 Å². The van der Waals surface area contributed by atoms with Crippen LogP contribution in [0.5, 0.6) is 0 Å². The molecule has 0 fully saturated rings. The molecule has 82 valence electrons. The SMILES string of the molecule is C=CCOC(=O)c1ccccc1.CNC. The van der Waals surface area contributed by atoms with Crippen molar-refractivity contribution in [1.82, 2.24) is 5.32 Å². The van der Waals surface area contributed by atoms with Crippen LogP contribution in [0, 0.1) is 0 Å². The summed E-state index contributed by atoms with van der Waals surface area (Å²) >= 11 is 0. The number of hydrogen-bond acceptors (Lipinski definition) is 3. The van der Waals surface area contributed by atoms with E-state index in [0.29, 0.717) is 5.56 Å². The minimum absolute atomic E-state index is 0.258.